The first-order chi connectivity index (χ1) is 14.3. The molecule has 0 unspecified atom stereocenters. The van der Waals surface area contributed by atoms with Crippen LogP contribution in [0.2, 0.25) is 10.0 Å². The summed E-state index contributed by atoms with van der Waals surface area (Å²) in [5.41, 5.74) is 1.82. The monoisotopic (exact) mass is 445 g/mol. The number of fused-ring (bicyclic) bond motifs is 1. The molecule has 0 bridgehead atoms. The van der Waals surface area contributed by atoms with Crippen LogP contribution in [0.3, 0.4) is 0 Å². The smallest absolute Gasteiger partial charge is 0.255 e. The summed E-state index contributed by atoms with van der Waals surface area (Å²) < 4.78 is 1.56. The van der Waals surface area contributed by atoms with Gasteiger partial charge in [-0.2, -0.15) is 0 Å². The lowest BCUT2D eigenvalue weighted by Gasteiger charge is -2.25. The number of para-hydroxylation sites is 1. The van der Waals surface area contributed by atoms with Gasteiger partial charge in [-0.3, -0.25) is 9.59 Å². The number of benzene rings is 2. The summed E-state index contributed by atoms with van der Waals surface area (Å²) in [6.07, 6.45) is 0.808. The predicted molar refractivity (Wildman–Crippen MR) is 124 cm³/mol. The van der Waals surface area contributed by atoms with Gasteiger partial charge >= 0.3 is 0 Å². The van der Waals surface area contributed by atoms with E-state index in [-0.39, 0.29) is 11.5 Å². The molecule has 7 heteroatoms. The highest BCUT2D eigenvalue weighted by Crippen LogP contribution is 2.24. The van der Waals surface area contributed by atoms with Crippen LogP contribution in [0.15, 0.2) is 53.3 Å². The fourth-order valence-corrected chi connectivity index (χ4v) is 3.77. The molecule has 2 aromatic carbocycles. The maximum absolute atomic E-state index is 13.6. The van der Waals surface area contributed by atoms with Crippen molar-refractivity contribution in [1.29, 1.82) is 0 Å². The normalized spacial score (nSPS) is 11.3. The highest BCUT2D eigenvalue weighted by atomic mass is 35.5. The number of hydrogen-bond donors (Lipinski definition) is 0. The third kappa shape index (κ3) is 5.04. The second kappa shape index (κ2) is 9.65. The summed E-state index contributed by atoms with van der Waals surface area (Å²) >= 11 is 12.2. The molecule has 0 atom stereocenters. The van der Waals surface area contributed by atoms with Crippen molar-refractivity contribution in [3.8, 4) is 0 Å². The zero-order valence-electron chi connectivity index (χ0n) is 17.4. The van der Waals surface area contributed by atoms with Gasteiger partial charge in [0.2, 0.25) is 0 Å². The van der Waals surface area contributed by atoms with Crippen LogP contribution < -0.4 is 5.56 Å². The second-order valence-electron chi connectivity index (χ2n) is 7.60. The molecule has 3 rings (SSSR count). The van der Waals surface area contributed by atoms with E-state index in [2.05, 4.69) is 4.90 Å². The third-order valence-electron chi connectivity index (χ3n) is 5.06. The molecule has 0 aliphatic heterocycles. The zero-order valence-corrected chi connectivity index (χ0v) is 18.9. The van der Waals surface area contributed by atoms with Crippen molar-refractivity contribution in [2.24, 2.45) is 7.05 Å². The molecule has 3 aromatic rings. The van der Waals surface area contributed by atoms with E-state index in [1.54, 1.807) is 28.6 Å². The highest BCUT2D eigenvalue weighted by Gasteiger charge is 2.20. The number of aryl methyl sites for hydroxylation is 1. The van der Waals surface area contributed by atoms with Gasteiger partial charge in [-0.15, -0.1) is 0 Å². The SMILES string of the molecule is CN(C)CCCN(Cc1ccc(Cl)c(Cl)c1)C(=O)c1cc(=O)n(C)c2ccccc12. The molecule has 158 valence electrons. The van der Waals surface area contributed by atoms with Gasteiger partial charge in [0.1, 0.15) is 0 Å². The summed E-state index contributed by atoms with van der Waals surface area (Å²) in [7, 11) is 5.71. The predicted octanol–water partition coefficient (Wildman–Crippen LogP) is 4.44. The first-order valence-corrected chi connectivity index (χ1v) is 10.5. The molecule has 30 heavy (non-hydrogen) atoms. The highest BCUT2D eigenvalue weighted by molar-refractivity contribution is 6.42. The number of amides is 1. The number of hydrogen-bond acceptors (Lipinski definition) is 3. The molecule has 1 aromatic heterocycles. The van der Waals surface area contributed by atoms with Gasteiger partial charge in [0, 0.05) is 31.6 Å². The first-order valence-electron chi connectivity index (χ1n) is 9.74. The van der Waals surface area contributed by atoms with E-state index in [0.717, 1.165) is 29.4 Å². The van der Waals surface area contributed by atoms with Crippen LogP contribution in [0.4, 0.5) is 0 Å². The molecule has 0 spiro atoms. The van der Waals surface area contributed by atoms with E-state index in [4.69, 9.17) is 23.2 Å². The van der Waals surface area contributed by atoms with Crippen LogP contribution in [-0.4, -0.2) is 47.5 Å². The lowest BCUT2D eigenvalue weighted by molar-refractivity contribution is 0.0739. The number of nitrogens with zero attached hydrogens (tertiary/aromatic N) is 3. The lowest BCUT2D eigenvalue weighted by Crippen LogP contribution is -2.34. The van der Waals surface area contributed by atoms with Gasteiger partial charge < -0.3 is 14.4 Å². The number of aromatic nitrogens is 1. The van der Waals surface area contributed by atoms with Crippen molar-refractivity contribution in [1.82, 2.24) is 14.4 Å². The van der Waals surface area contributed by atoms with E-state index < -0.39 is 0 Å². The van der Waals surface area contributed by atoms with E-state index in [1.165, 1.54) is 6.07 Å². The van der Waals surface area contributed by atoms with Gasteiger partial charge in [-0.25, -0.2) is 0 Å². The molecule has 0 saturated carbocycles. The number of carbonyl (C=O) groups is 1. The summed E-state index contributed by atoms with van der Waals surface area (Å²) in [5.74, 6) is -0.172. The maximum atomic E-state index is 13.6. The molecular weight excluding hydrogens is 421 g/mol. The van der Waals surface area contributed by atoms with Crippen molar-refractivity contribution >= 4 is 40.0 Å². The molecular formula is C23H25Cl2N3O2. The number of halogens is 2. The molecule has 5 nitrogen and oxygen atoms in total. The fraction of sp³-hybridized carbons (Fsp3) is 0.304. The Labute approximate surface area is 186 Å². The Morgan fingerprint density at radius 2 is 1.73 bits per heavy atom. The first kappa shape index (κ1) is 22.3. The minimum atomic E-state index is -0.208. The molecule has 0 saturated heterocycles. The summed E-state index contributed by atoms with van der Waals surface area (Å²) in [6.45, 7) is 1.79. The zero-order chi connectivity index (χ0) is 21.8. The summed E-state index contributed by atoms with van der Waals surface area (Å²) in [6, 6.07) is 14.3. The summed E-state index contributed by atoms with van der Waals surface area (Å²) in [5, 5.41) is 1.69. The topological polar surface area (TPSA) is 45.6 Å². The van der Waals surface area contributed by atoms with Crippen LogP contribution in [0.5, 0.6) is 0 Å². The van der Waals surface area contributed by atoms with E-state index in [1.807, 2.05) is 44.4 Å². The minimum absolute atomic E-state index is 0.172. The molecule has 0 fully saturated rings. The molecule has 0 radical (unpaired) electrons. The van der Waals surface area contributed by atoms with E-state index in [0.29, 0.717) is 28.7 Å². The van der Waals surface area contributed by atoms with Gasteiger partial charge in [-0.1, -0.05) is 47.5 Å². The van der Waals surface area contributed by atoms with Gasteiger partial charge in [0.05, 0.1) is 21.1 Å². The van der Waals surface area contributed by atoms with Crippen molar-refractivity contribution in [3.63, 3.8) is 0 Å². The molecule has 1 amide bonds. The maximum Gasteiger partial charge on any atom is 0.255 e. The number of carbonyl (C=O) groups excluding carboxylic acids is 1. The Morgan fingerprint density at radius 3 is 2.43 bits per heavy atom. The molecule has 1 heterocycles. The average molecular weight is 446 g/mol. The molecule has 0 N–H and O–H groups in total. The van der Waals surface area contributed by atoms with Crippen LogP contribution >= 0.6 is 23.2 Å². The largest absolute Gasteiger partial charge is 0.334 e. The third-order valence-corrected chi connectivity index (χ3v) is 5.80. The Hall–Kier alpha value is -2.34. The van der Waals surface area contributed by atoms with Gasteiger partial charge in [0.15, 0.2) is 0 Å². The fourth-order valence-electron chi connectivity index (χ4n) is 3.45. The molecule has 0 aliphatic carbocycles. The number of rotatable bonds is 7. The van der Waals surface area contributed by atoms with Crippen molar-refractivity contribution in [2.75, 3.05) is 27.2 Å². The van der Waals surface area contributed by atoms with Crippen molar-refractivity contribution < 1.29 is 4.79 Å². The van der Waals surface area contributed by atoms with Crippen LogP contribution in [0.25, 0.3) is 10.9 Å². The lowest BCUT2D eigenvalue weighted by atomic mass is 10.1. The average Bonchev–Trinajstić information content (AvgIpc) is 2.72. The van der Waals surface area contributed by atoms with E-state index in [9.17, 15) is 9.59 Å². The summed E-state index contributed by atoms with van der Waals surface area (Å²) in [4.78, 5) is 29.9. The second-order valence-corrected chi connectivity index (χ2v) is 8.42. The Morgan fingerprint density at radius 1 is 1.00 bits per heavy atom. The minimum Gasteiger partial charge on any atom is -0.334 e. The van der Waals surface area contributed by atoms with Crippen molar-refractivity contribution in [2.45, 2.75) is 13.0 Å². The van der Waals surface area contributed by atoms with Crippen LogP contribution in [0.1, 0.15) is 22.3 Å². The quantitative estimate of drug-likeness (QED) is 0.539. The van der Waals surface area contributed by atoms with Gasteiger partial charge in [0.25, 0.3) is 11.5 Å². The Kier molecular flexibility index (Phi) is 7.19. The molecule has 0 aliphatic rings. The Balaban J connectivity index is 1.99. The van der Waals surface area contributed by atoms with E-state index >= 15 is 0 Å². The van der Waals surface area contributed by atoms with Crippen molar-refractivity contribution in [3.05, 3.63) is 80.1 Å². The van der Waals surface area contributed by atoms with Gasteiger partial charge in [-0.05, 0) is 50.8 Å². The van der Waals surface area contributed by atoms with Crippen LogP contribution in [0, 0.1) is 0 Å². The van der Waals surface area contributed by atoms with Crippen LogP contribution in [-0.2, 0) is 13.6 Å². The standard InChI is InChI=1S/C23H25Cl2N3O2/c1-26(2)11-6-12-28(15-16-9-10-19(24)20(25)13-16)23(30)18-14-22(29)27(3)21-8-5-4-7-17(18)21/h4-5,7-10,13-14H,6,11-12,15H2,1-3H3. The Bertz CT molecular complexity index is 1130. The number of pyridine rings is 1.